The average molecular weight is 459 g/mol. The molecular weight excluding hydrogens is 445 g/mol. The van der Waals surface area contributed by atoms with Gasteiger partial charge in [-0.15, -0.1) is 5.10 Å². The largest absolute Gasteiger partial charge is 0.478 e. The van der Waals surface area contributed by atoms with Crippen LogP contribution in [-0.4, -0.2) is 46.8 Å². The number of sulfone groups is 1. The number of carbonyl (C=O) groups is 1. The fourth-order valence-corrected chi connectivity index (χ4v) is 3.52. The van der Waals surface area contributed by atoms with Crippen molar-refractivity contribution >= 4 is 38.9 Å². The summed E-state index contributed by atoms with van der Waals surface area (Å²) < 4.78 is 54.9. The van der Waals surface area contributed by atoms with Gasteiger partial charge in [0.1, 0.15) is 11.6 Å². The van der Waals surface area contributed by atoms with Crippen LogP contribution in [0.25, 0.3) is 5.69 Å². The predicted molar refractivity (Wildman–Crippen MR) is 97.2 cm³/mol. The van der Waals surface area contributed by atoms with E-state index in [-0.39, 0.29) is 31.9 Å². The van der Waals surface area contributed by atoms with E-state index in [1.807, 2.05) is 0 Å². The highest BCUT2D eigenvalue weighted by atomic mass is 35.5. The van der Waals surface area contributed by atoms with Crippen molar-refractivity contribution in [1.82, 2.24) is 14.3 Å². The Balaban J connectivity index is 2.55. The Hall–Kier alpha value is -2.18. The van der Waals surface area contributed by atoms with Crippen LogP contribution in [0, 0.1) is 6.92 Å². The monoisotopic (exact) mass is 458 g/mol. The molecule has 2 rings (SSSR count). The minimum Gasteiger partial charge on any atom is -0.478 e. The van der Waals surface area contributed by atoms with Gasteiger partial charge in [0, 0.05) is 12.3 Å². The number of halogens is 4. The SMILES string of the molecule is Cc1nn(-c2cc(OC(CS(C)(=O)=O)C(N)=O)c(Cl)cc2Cl)c(=O)n1C(F)F. The van der Waals surface area contributed by atoms with E-state index in [1.165, 1.54) is 6.92 Å². The lowest BCUT2D eigenvalue weighted by Gasteiger charge is -2.17. The number of rotatable bonds is 7. The minimum atomic E-state index is -3.64. The highest BCUT2D eigenvalue weighted by molar-refractivity contribution is 7.90. The Morgan fingerprint density at radius 1 is 1.32 bits per heavy atom. The smallest absolute Gasteiger partial charge is 0.355 e. The lowest BCUT2D eigenvalue weighted by Crippen LogP contribution is -2.39. The average Bonchev–Trinajstić information content (AvgIpc) is 2.82. The highest BCUT2D eigenvalue weighted by Crippen LogP contribution is 2.33. The van der Waals surface area contributed by atoms with E-state index in [1.54, 1.807) is 0 Å². The minimum absolute atomic E-state index is 0.128. The molecule has 1 heterocycles. The van der Waals surface area contributed by atoms with E-state index in [4.69, 9.17) is 33.7 Å². The van der Waals surface area contributed by atoms with Crippen LogP contribution in [0.3, 0.4) is 0 Å². The summed E-state index contributed by atoms with van der Waals surface area (Å²) in [5, 5.41) is 3.46. The fraction of sp³-hybridized carbons (Fsp3) is 0.357. The molecule has 1 aromatic carbocycles. The molecule has 0 aliphatic heterocycles. The van der Waals surface area contributed by atoms with E-state index >= 15 is 0 Å². The molecule has 0 saturated carbocycles. The number of hydrogen-bond donors (Lipinski definition) is 1. The van der Waals surface area contributed by atoms with Crippen LogP contribution in [0.4, 0.5) is 8.78 Å². The molecule has 2 N–H and O–H groups in total. The number of nitrogens with zero attached hydrogens (tertiary/aromatic N) is 3. The Morgan fingerprint density at radius 2 is 1.93 bits per heavy atom. The summed E-state index contributed by atoms with van der Waals surface area (Å²) in [6, 6.07) is 2.18. The first-order chi connectivity index (χ1) is 12.8. The van der Waals surface area contributed by atoms with Gasteiger partial charge in [-0.3, -0.25) is 4.79 Å². The van der Waals surface area contributed by atoms with Crippen molar-refractivity contribution in [2.45, 2.75) is 19.6 Å². The highest BCUT2D eigenvalue weighted by Gasteiger charge is 2.26. The normalized spacial score (nSPS) is 13.0. The van der Waals surface area contributed by atoms with E-state index in [0.717, 1.165) is 18.4 Å². The summed E-state index contributed by atoms with van der Waals surface area (Å²) in [6.45, 7) is -1.93. The number of amides is 1. The number of nitrogens with two attached hydrogens (primary N) is 1. The molecule has 0 saturated heterocycles. The molecule has 1 unspecified atom stereocenters. The van der Waals surface area contributed by atoms with Crippen molar-refractivity contribution in [1.29, 1.82) is 0 Å². The molecule has 1 atom stereocenters. The van der Waals surface area contributed by atoms with Crippen LogP contribution in [-0.2, 0) is 14.6 Å². The number of ether oxygens (including phenoxy) is 1. The number of carbonyl (C=O) groups excluding carboxylic acids is 1. The van der Waals surface area contributed by atoms with Gasteiger partial charge < -0.3 is 10.5 Å². The molecule has 0 aliphatic rings. The number of benzene rings is 1. The second-order valence-electron chi connectivity index (χ2n) is 5.72. The van der Waals surface area contributed by atoms with E-state index in [9.17, 15) is 26.8 Å². The summed E-state index contributed by atoms with van der Waals surface area (Å²) in [4.78, 5) is 23.7. The van der Waals surface area contributed by atoms with Crippen LogP contribution in [0.5, 0.6) is 5.75 Å². The molecule has 0 aliphatic carbocycles. The van der Waals surface area contributed by atoms with Gasteiger partial charge >= 0.3 is 12.2 Å². The Labute approximate surface area is 167 Å². The number of alkyl halides is 2. The quantitative estimate of drug-likeness (QED) is 0.666. The second-order valence-corrected chi connectivity index (χ2v) is 8.72. The van der Waals surface area contributed by atoms with Gasteiger partial charge in [0.25, 0.3) is 5.91 Å². The molecular formula is C14H14Cl2F2N4O5S. The number of primary amides is 1. The van der Waals surface area contributed by atoms with Crippen LogP contribution >= 0.6 is 23.2 Å². The molecule has 28 heavy (non-hydrogen) atoms. The predicted octanol–water partition coefficient (Wildman–Crippen LogP) is 1.32. The van der Waals surface area contributed by atoms with Gasteiger partial charge in [0.05, 0.1) is 21.5 Å². The zero-order valence-electron chi connectivity index (χ0n) is 14.4. The van der Waals surface area contributed by atoms with Crippen molar-refractivity contribution in [3.05, 3.63) is 38.5 Å². The number of hydrogen-bond acceptors (Lipinski definition) is 6. The first-order valence-electron chi connectivity index (χ1n) is 7.41. The molecule has 14 heteroatoms. The number of aryl methyl sites for hydroxylation is 1. The fourth-order valence-electron chi connectivity index (χ4n) is 2.23. The third-order valence-electron chi connectivity index (χ3n) is 3.45. The molecule has 0 fully saturated rings. The van der Waals surface area contributed by atoms with Crippen LogP contribution in [0.1, 0.15) is 12.4 Å². The first-order valence-corrected chi connectivity index (χ1v) is 10.2. The summed E-state index contributed by atoms with van der Waals surface area (Å²) in [5.41, 5.74) is 3.80. The van der Waals surface area contributed by atoms with Gasteiger partial charge in [0.15, 0.2) is 15.9 Å². The van der Waals surface area contributed by atoms with Gasteiger partial charge in [-0.25, -0.2) is 17.8 Å². The number of aromatic nitrogens is 3. The van der Waals surface area contributed by atoms with Crippen LogP contribution in [0.2, 0.25) is 10.0 Å². The molecule has 1 amide bonds. The van der Waals surface area contributed by atoms with Crippen molar-refractivity contribution in [2.75, 3.05) is 12.0 Å². The lowest BCUT2D eigenvalue weighted by molar-refractivity contribution is -0.123. The van der Waals surface area contributed by atoms with Crippen LogP contribution < -0.4 is 16.2 Å². The summed E-state index contributed by atoms with van der Waals surface area (Å²) in [7, 11) is -3.64. The molecule has 0 radical (unpaired) electrons. The van der Waals surface area contributed by atoms with Crippen LogP contribution in [0.15, 0.2) is 16.9 Å². The van der Waals surface area contributed by atoms with Gasteiger partial charge in [-0.05, 0) is 13.0 Å². The van der Waals surface area contributed by atoms with E-state index in [2.05, 4.69) is 5.10 Å². The maximum atomic E-state index is 13.0. The Morgan fingerprint density at radius 3 is 2.39 bits per heavy atom. The molecule has 0 bridgehead atoms. The molecule has 1 aromatic heterocycles. The van der Waals surface area contributed by atoms with Gasteiger partial charge in [-0.1, -0.05) is 23.2 Å². The maximum absolute atomic E-state index is 13.0. The second kappa shape index (κ2) is 8.05. The summed E-state index contributed by atoms with van der Waals surface area (Å²) in [6.07, 6.45) is -0.709. The van der Waals surface area contributed by atoms with Crippen molar-refractivity contribution in [3.63, 3.8) is 0 Å². The topological polar surface area (TPSA) is 126 Å². The molecule has 2 aromatic rings. The standard InChI is InChI=1S/C14H14Cl2F2N4O5S/c1-6-20-22(14(24)21(6)13(17)18)9-4-10(8(16)3-7(9)15)27-11(12(19)23)5-28(2,25)26/h3-4,11,13H,5H2,1-2H3,(H2,19,23). The van der Waals surface area contributed by atoms with E-state index < -0.39 is 39.8 Å². The van der Waals surface area contributed by atoms with Gasteiger partial charge in [0.2, 0.25) is 0 Å². The molecule has 0 spiro atoms. The third-order valence-corrected chi connectivity index (χ3v) is 4.95. The lowest BCUT2D eigenvalue weighted by atomic mass is 10.3. The summed E-state index contributed by atoms with van der Waals surface area (Å²) >= 11 is 12.0. The third kappa shape index (κ3) is 4.80. The van der Waals surface area contributed by atoms with Crippen molar-refractivity contribution < 1.29 is 26.7 Å². The zero-order valence-corrected chi connectivity index (χ0v) is 16.7. The van der Waals surface area contributed by atoms with Gasteiger partial charge in [-0.2, -0.15) is 13.5 Å². The zero-order chi connectivity index (χ0) is 21.4. The van der Waals surface area contributed by atoms with Crippen molar-refractivity contribution in [2.24, 2.45) is 5.73 Å². The van der Waals surface area contributed by atoms with E-state index in [0.29, 0.717) is 4.68 Å². The first kappa shape index (κ1) is 22.1. The summed E-state index contributed by atoms with van der Waals surface area (Å²) in [5.74, 6) is -2.33. The Kier molecular flexibility index (Phi) is 6.36. The molecule has 9 nitrogen and oxygen atoms in total. The maximum Gasteiger partial charge on any atom is 0.355 e. The van der Waals surface area contributed by atoms with Crippen molar-refractivity contribution in [3.8, 4) is 11.4 Å². The Bertz CT molecular complexity index is 1080. The molecule has 154 valence electrons.